The quantitative estimate of drug-likeness (QED) is 0.560. The van der Waals surface area contributed by atoms with Crippen molar-refractivity contribution in [3.63, 3.8) is 0 Å². The fourth-order valence-corrected chi connectivity index (χ4v) is 3.16. The zero-order chi connectivity index (χ0) is 16.6. The first kappa shape index (κ1) is 16.5. The number of nitrogens with zero attached hydrogens (tertiary/aromatic N) is 3. The molecule has 0 aliphatic carbocycles. The number of aromatic nitrogens is 2. The summed E-state index contributed by atoms with van der Waals surface area (Å²) >= 11 is 0. The molecule has 0 radical (unpaired) electrons. The lowest BCUT2D eigenvalue weighted by molar-refractivity contribution is 0.245. The predicted molar refractivity (Wildman–Crippen MR) is 96.8 cm³/mol. The third-order valence-electron chi connectivity index (χ3n) is 4.46. The summed E-state index contributed by atoms with van der Waals surface area (Å²) in [5.41, 5.74) is 2.40. The van der Waals surface area contributed by atoms with E-state index in [9.17, 15) is 0 Å². The summed E-state index contributed by atoms with van der Waals surface area (Å²) in [5, 5.41) is 13.7. The largest absolute Gasteiger partial charge is 0.354 e. The maximum atomic E-state index is 4.32. The summed E-state index contributed by atoms with van der Waals surface area (Å²) in [4.78, 5) is 6.88. The molecular formula is C18H26N6. The lowest BCUT2D eigenvalue weighted by Crippen LogP contribution is -2.42. The molecule has 6 nitrogen and oxygen atoms in total. The lowest BCUT2D eigenvalue weighted by atomic mass is 10.1. The molecule has 2 heterocycles. The number of rotatable bonds is 6. The molecule has 3 N–H and O–H groups in total. The Morgan fingerprint density at radius 1 is 1.21 bits per heavy atom. The van der Waals surface area contributed by atoms with Crippen molar-refractivity contribution in [1.82, 2.24) is 25.7 Å². The van der Waals surface area contributed by atoms with E-state index in [0.29, 0.717) is 12.6 Å². The number of hydrogen-bond acceptors (Lipinski definition) is 3. The van der Waals surface area contributed by atoms with Crippen molar-refractivity contribution in [2.45, 2.75) is 25.4 Å². The number of hydrogen-bond donors (Lipinski definition) is 3. The minimum absolute atomic E-state index is 0.374. The molecule has 1 saturated heterocycles. The minimum Gasteiger partial charge on any atom is -0.354 e. The predicted octanol–water partition coefficient (Wildman–Crippen LogP) is 1.91. The molecule has 0 bridgehead atoms. The molecular weight excluding hydrogens is 300 g/mol. The Morgan fingerprint density at radius 3 is 2.67 bits per heavy atom. The van der Waals surface area contributed by atoms with E-state index in [1.54, 1.807) is 13.2 Å². The normalized spacial score (nSPS) is 17.0. The van der Waals surface area contributed by atoms with Gasteiger partial charge in [0, 0.05) is 19.8 Å². The van der Waals surface area contributed by atoms with Crippen LogP contribution in [0.5, 0.6) is 0 Å². The second kappa shape index (κ2) is 8.49. The number of H-pyrrole nitrogens is 1. The highest BCUT2D eigenvalue weighted by Gasteiger charge is 2.23. The topological polar surface area (TPSA) is 68.3 Å². The SMILES string of the molecule is CN=C(NCc1ccn[nH]1)NCC(c1ccccc1)N1CCCC1. The van der Waals surface area contributed by atoms with E-state index in [1.807, 2.05) is 6.07 Å². The van der Waals surface area contributed by atoms with Crippen LogP contribution in [0.3, 0.4) is 0 Å². The summed E-state index contributed by atoms with van der Waals surface area (Å²) in [5.74, 6) is 0.810. The third kappa shape index (κ3) is 4.35. The molecule has 1 aliphatic rings. The van der Waals surface area contributed by atoms with Gasteiger partial charge in [0.1, 0.15) is 0 Å². The Morgan fingerprint density at radius 2 is 2.00 bits per heavy atom. The monoisotopic (exact) mass is 326 g/mol. The van der Waals surface area contributed by atoms with Crippen LogP contribution in [0.1, 0.15) is 30.1 Å². The lowest BCUT2D eigenvalue weighted by Gasteiger charge is -2.28. The molecule has 24 heavy (non-hydrogen) atoms. The highest BCUT2D eigenvalue weighted by atomic mass is 15.2. The van der Waals surface area contributed by atoms with Gasteiger partial charge in [0.05, 0.1) is 18.3 Å². The maximum absolute atomic E-state index is 4.32. The standard InChI is InChI=1S/C18H26N6/c1-19-18(20-13-16-9-10-22-23-16)21-14-17(24-11-5-6-12-24)15-7-3-2-4-8-15/h2-4,7-10,17H,5-6,11-14H2,1H3,(H,22,23)(H2,19,20,21). The number of aromatic amines is 1. The van der Waals surface area contributed by atoms with Crippen LogP contribution in [0.2, 0.25) is 0 Å². The molecule has 1 unspecified atom stereocenters. The molecule has 1 atom stereocenters. The zero-order valence-electron chi connectivity index (χ0n) is 14.2. The molecule has 0 saturated carbocycles. The molecule has 1 aliphatic heterocycles. The van der Waals surface area contributed by atoms with Crippen molar-refractivity contribution in [1.29, 1.82) is 0 Å². The van der Waals surface area contributed by atoms with E-state index in [-0.39, 0.29) is 0 Å². The first-order chi connectivity index (χ1) is 11.9. The van der Waals surface area contributed by atoms with Gasteiger partial charge in [-0.15, -0.1) is 0 Å². The van der Waals surface area contributed by atoms with Gasteiger partial charge in [-0.25, -0.2) is 0 Å². The summed E-state index contributed by atoms with van der Waals surface area (Å²) in [6, 6.07) is 13.1. The fraction of sp³-hybridized carbons (Fsp3) is 0.444. The van der Waals surface area contributed by atoms with E-state index >= 15 is 0 Å². The van der Waals surface area contributed by atoms with Crippen molar-refractivity contribution in [2.75, 3.05) is 26.7 Å². The highest BCUT2D eigenvalue weighted by molar-refractivity contribution is 5.79. The first-order valence-electron chi connectivity index (χ1n) is 8.58. The summed E-state index contributed by atoms with van der Waals surface area (Å²) in [7, 11) is 1.80. The summed E-state index contributed by atoms with van der Waals surface area (Å²) < 4.78 is 0. The van der Waals surface area contributed by atoms with Crippen LogP contribution in [0.15, 0.2) is 47.6 Å². The van der Waals surface area contributed by atoms with E-state index < -0.39 is 0 Å². The van der Waals surface area contributed by atoms with Crippen molar-refractivity contribution in [3.8, 4) is 0 Å². The second-order valence-corrected chi connectivity index (χ2v) is 6.06. The molecule has 1 aromatic carbocycles. The second-order valence-electron chi connectivity index (χ2n) is 6.06. The van der Waals surface area contributed by atoms with E-state index in [4.69, 9.17) is 0 Å². The van der Waals surface area contributed by atoms with E-state index in [1.165, 1.54) is 31.5 Å². The number of likely N-dealkylation sites (tertiary alicyclic amines) is 1. The van der Waals surface area contributed by atoms with Crippen LogP contribution >= 0.6 is 0 Å². The zero-order valence-corrected chi connectivity index (χ0v) is 14.2. The number of guanidine groups is 1. The van der Waals surface area contributed by atoms with Gasteiger partial charge < -0.3 is 10.6 Å². The number of aliphatic imine (C=N–C) groups is 1. The number of nitrogens with one attached hydrogen (secondary N) is 3. The van der Waals surface area contributed by atoms with Gasteiger partial charge in [0.15, 0.2) is 5.96 Å². The number of benzene rings is 1. The van der Waals surface area contributed by atoms with Gasteiger partial charge >= 0.3 is 0 Å². The molecule has 128 valence electrons. The smallest absolute Gasteiger partial charge is 0.191 e. The fourth-order valence-electron chi connectivity index (χ4n) is 3.16. The van der Waals surface area contributed by atoms with Gasteiger partial charge in [-0.1, -0.05) is 30.3 Å². The van der Waals surface area contributed by atoms with Crippen molar-refractivity contribution >= 4 is 5.96 Å². The highest BCUT2D eigenvalue weighted by Crippen LogP contribution is 2.24. The third-order valence-corrected chi connectivity index (χ3v) is 4.46. The minimum atomic E-state index is 0.374. The molecule has 0 amide bonds. The molecule has 6 heteroatoms. The summed E-state index contributed by atoms with van der Waals surface area (Å²) in [6.45, 7) is 3.86. The Kier molecular flexibility index (Phi) is 5.85. The van der Waals surface area contributed by atoms with Gasteiger partial charge in [-0.3, -0.25) is 15.0 Å². The molecule has 0 spiro atoms. The van der Waals surface area contributed by atoms with Gasteiger partial charge in [-0.2, -0.15) is 5.10 Å². The molecule has 1 aromatic heterocycles. The Bertz CT molecular complexity index is 616. The van der Waals surface area contributed by atoms with Crippen LogP contribution in [0.4, 0.5) is 0 Å². The van der Waals surface area contributed by atoms with Crippen LogP contribution in [-0.4, -0.2) is 47.7 Å². The average molecular weight is 326 g/mol. The van der Waals surface area contributed by atoms with Gasteiger partial charge in [0.2, 0.25) is 0 Å². The Hall–Kier alpha value is -2.34. The average Bonchev–Trinajstić information content (AvgIpc) is 3.32. The van der Waals surface area contributed by atoms with E-state index in [2.05, 4.69) is 61.1 Å². The van der Waals surface area contributed by atoms with Crippen molar-refractivity contribution < 1.29 is 0 Å². The van der Waals surface area contributed by atoms with Crippen molar-refractivity contribution in [3.05, 3.63) is 53.9 Å². The van der Waals surface area contributed by atoms with Crippen molar-refractivity contribution in [2.24, 2.45) is 4.99 Å². The van der Waals surface area contributed by atoms with Crippen LogP contribution in [0.25, 0.3) is 0 Å². The molecule has 1 fully saturated rings. The van der Waals surface area contributed by atoms with Crippen LogP contribution in [-0.2, 0) is 6.54 Å². The maximum Gasteiger partial charge on any atom is 0.191 e. The Balaban J connectivity index is 1.59. The summed E-state index contributed by atoms with van der Waals surface area (Å²) in [6.07, 6.45) is 4.33. The first-order valence-corrected chi connectivity index (χ1v) is 8.58. The van der Waals surface area contributed by atoms with Crippen LogP contribution < -0.4 is 10.6 Å². The van der Waals surface area contributed by atoms with Gasteiger partial charge in [-0.05, 0) is 37.6 Å². The van der Waals surface area contributed by atoms with E-state index in [0.717, 1.165) is 18.2 Å². The van der Waals surface area contributed by atoms with Gasteiger partial charge in [0.25, 0.3) is 0 Å². The molecule has 2 aromatic rings. The molecule has 3 rings (SSSR count). The van der Waals surface area contributed by atoms with Crippen LogP contribution in [0, 0.1) is 0 Å². The Labute approximate surface area is 143 Å².